The van der Waals surface area contributed by atoms with Gasteiger partial charge in [0.1, 0.15) is 5.84 Å². The highest BCUT2D eigenvalue weighted by Crippen LogP contribution is 2.32. The molecule has 1 aromatic carbocycles. The van der Waals surface area contributed by atoms with Crippen LogP contribution in [0.25, 0.3) is 0 Å². The van der Waals surface area contributed by atoms with Crippen molar-refractivity contribution in [3.8, 4) is 6.07 Å². The van der Waals surface area contributed by atoms with Gasteiger partial charge in [-0.2, -0.15) is 5.26 Å². The fraction of sp³-hybridized carbons (Fsp3) is 0.583. The lowest BCUT2D eigenvalue weighted by molar-refractivity contribution is 0.0965. The summed E-state index contributed by atoms with van der Waals surface area (Å²) in [6, 6.07) is 6.08. The van der Waals surface area contributed by atoms with E-state index in [1.165, 1.54) is 17.2 Å². The maximum Gasteiger partial charge on any atom is 0.197 e. The second kappa shape index (κ2) is 19.1. The van der Waals surface area contributed by atoms with E-state index in [-0.39, 0.29) is 47.3 Å². The van der Waals surface area contributed by atoms with Crippen LogP contribution in [0.5, 0.6) is 0 Å². The molecule has 1 saturated heterocycles. The fourth-order valence-corrected chi connectivity index (χ4v) is 5.32. The van der Waals surface area contributed by atoms with Crippen LogP contribution in [-0.2, 0) is 21.3 Å². The van der Waals surface area contributed by atoms with Crippen LogP contribution in [0.3, 0.4) is 0 Å². The number of Topliss-reactive ketones (excluding diaryl/α,β-unsaturated/α-hetero) is 1. The number of carbonyl (C=O) groups is 1. The first-order valence-corrected chi connectivity index (χ1v) is 16.0. The van der Waals surface area contributed by atoms with E-state index in [9.17, 15) is 4.79 Å². The average molecular weight is 611 g/mol. The van der Waals surface area contributed by atoms with Gasteiger partial charge in [-0.05, 0) is 99.9 Å². The summed E-state index contributed by atoms with van der Waals surface area (Å²) in [5.41, 5.74) is 4.29. The quantitative estimate of drug-likeness (QED) is 0.0936. The molecule has 0 bridgehead atoms. The zero-order chi connectivity index (χ0) is 33.4. The molecule has 0 aromatic heterocycles. The number of allylic oxidation sites excluding steroid dienone is 2. The Balaban J connectivity index is 0.000000828. The monoisotopic (exact) mass is 610 g/mol. The summed E-state index contributed by atoms with van der Waals surface area (Å²) in [5, 5.41) is 17.0. The van der Waals surface area contributed by atoms with Crippen LogP contribution in [0, 0.1) is 23.7 Å². The molecule has 0 spiro atoms. The summed E-state index contributed by atoms with van der Waals surface area (Å²) in [4.78, 5) is 17.0. The number of carbonyl (C=O) groups excluding carboxylic acids is 1. The predicted octanol–water partition coefficient (Wildman–Crippen LogP) is 8.05. The highest BCUT2D eigenvalue weighted by atomic mass is 19.1. The van der Waals surface area contributed by atoms with E-state index in [2.05, 4.69) is 59.1 Å². The van der Waals surface area contributed by atoms with Crippen molar-refractivity contribution < 1.29 is 18.7 Å². The lowest BCUT2D eigenvalue weighted by atomic mass is 9.80. The summed E-state index contributed by atoms with van der Waals surface area (Å²) in [7, 11) is 0. The van der Waals surface area contributed by atoms with Crippen LogP contribution in [0.1, 0.15) is 102 Å². The Bertz CT molecular complexity index is 1230. The lowest BCUT2D eigenvalue weighted by Crippen LogP contribution is -2.31. The summed E-state index contributed by atoms with van der Waals surface area (Å²) in [6.07, 6.45) is 4.90. The van der Waals surface area contributed by atoms with Crippen molar-refractivity contribution in [2.75, 3.05) is 45.9 Å². The van der Waals surface area contributed by atoms with Gasteiger partial charge in [0.15, 0.2) is 23.1 Å². The summed E-state index contributed by atoms with van der Waals surface area (Å²) >= 11 is 0. The number of benzene rings is 1. The molecule has 1 aliphatic heterocycles. The molecule has 1 heterocycles. The molecule has 8 heteroatoms. The van der Waals surface area contributed by atoms with Crippen LogP contribution in [0.2, 0.25) is 0 Å². The molecule has 244 valence electrons. The summed E-state index contributed by atoms with van der Waals surface area (Å²) in [5.74, 6) is -0.556. The van der Waals surface area contributed by atoms with Gasteiger partial charge in [-0.25, -0.2) is 4.39 Å². The first kappa shape index (κ1) is 38.6. The van der Waals surface area contributed by atoms with E-state index >= 15 is 4.39 Å². The number of amidine groups is 1. The lowest BCUT2D eigenvalue weighted by Gasteiger charge is -2.25. The molecule has 1 aliphatic rings. The minimum atomic E-state index is -0.636. The minimum Gasteiger partial charge on any atom is -0.490 e. The first-order valence-electron chi connectivity index (χ1n) is 16.0. The SMILES string of the molecule is C=C/C(OCC)=C(OCC)\C(F)=C1/CCN(CC(=O)c2cc(C)c(CC)c(C(C)(C)C)c2)C1=N.CCCN(CC#N)CCC. The van der Waals surface area contributed by atoms with Gasteiger partial charge >= 0.3 is 0 Å². The largest absolute Gasteiger partial charge is 0.490 e. The molecule has 1 fully saturated rings. The Hall–Kier alpha value is -3.44. The molecule has 1 N–H and O–H groups in total. The number of hydrogen-bond donors (Lipinski definition) is 1. The Morgan fingerprint density at radius 3 is 2.23 bits per heavy atom. The fourth-order valence-electron chi connectivity index (χ4n) is 5.32. The van der Waals surface area contributed by atoms with Gasteiger partial charge in [-0.15, -0.1) is 0 Å². The number of halogens is 1. The van der Waals surface area contributed by atoms with Crippen LogP contribution in [0.15, 0.2) is 47.7 Å². The molecule has 1 aromatic rings. The number of nitriles is 1. The molecular weight excluding hydrogens is 555 g/mol. The van der Waals surface area contributed by atoms with E-state index in [4.69, 9.17) is 20.1 Å². The van der Waals surface area contributed by atoms with Crippen molar-refractivity contribution in [3.63, 3.8) is 0 Å². The predicted molar refractivity (Wildman–Crippen MR) is 179 cm³/mol. The van der Waals surface area contributed by atoms with E-state index in [0.29, 0.717) is 31.7 Å². The number of hydrogen-bond acceptors (Lipinski definition) is 6. The van der Waals surface area contributed by atoms with Crippen molar-refractivity contribution in [3.05, 3.63) is 70.0 Å². The molecule has 0 amide bonds. The van der Waals surface area contributed by atoms with E-state index < -0.39 is 5.83 Å². The highest BCUT2D eigenvalue weighted by molar-refractivity contribution is 6.04. The van der Waals surface area contributed by atoms with E-state index in [1.54, 1.807) is 18.7 Å². The number of ether oxygens (including phenoxy) is 2. The van der Waals surface area contributed by atoms with Crippen LogP contribution in [0.4, 0.5) is 4.39 Å². The topological polar surface area (TPSA) is 89.7 Å². The number of rotatable bonds is 15. The highest BCUT2D eigenvalue weighted by Gasteiger charge is 2.31. The first-order chi connectivity index (χ1) is 20.8. The van der Waals surface area contributed by atoms with Gasteiger partial charge in [0.25, 0.3) is 0 Å². The zero-order valence-electron chi connectivity index (χ0n) is 28.7. The molecule has 0 aliphatic carbocycles. The van der Waals surface area contributed by atoms with Crippen molar-refractivity contribution in [2.24, 2.45) is 0 Å². The third-order valence-electron chi connectivity index (χ3n) is 7.36. The molecule has 7 nitrogen and oxygen atoms in total. The van der Waals surface area contributed by atoms with Gasteiger partial charge in [-0.1, -0.05) is 48.1 Å². The smallest absolute Gasteiger partial charge is 0.197 e. The summed E-state index contributed by atoms with van der Waals surface area (Å²) < 4.78 is 26.4. The third-order valence-corrected chi connectivity index (χ3v) is 7.36. The average Bonchev–Trinajstić information content (AvgIpc) is 3.33. The second-order valence-corrected chi connectivity index (χ2v) is 11.9. The van der Waals surface area contributed by atoms with Gasteiger partial charge in [0, 0.05) is 17.7 Å². The number of nitrogens with zero attached hydrogens (tertiary/aromatic N) is 3. The van der Waals surface area contributed by atoms with Crippen molar-refractivity contribution >= 4 is 11.6 Å². The molecular formula is C36H55FN4O3. The van der Waals surface area contributed by atoms with Crippen molar-refractivity contribution in [1.82, 2.24) is 9.80 Å². The Labute approximate surface area is 265 Å². The van der Waals surface area contributed by atoms with Gasteiger partial charge in [0.05, 0.1) is 32.4 Å². The number of nitrogens with one attached hydrogen (secondary N) is 1. The number of likely N-dealkylation sites (tertiary alicyclic amines) is 1. The second-order valence-electron chi connectivity index (χ2n) is 11.9. The summed E-state index contributed by atoms with van der Waals surface area (Å²) in [6.45, 7) is 25.8. The Morgan fingerprint density at radius 1 is 1.14 bits per heavy atom. The molecule has 0 atom stereocenters. The van der Waals surface area contributed by atoms with Crippen LogP contribution in [-0.4, -0.2) is 67.4 Å². The minimum absolute atomic E-state index is 0.000842. The van der Waals surface area contributed by atoms with Crippen LogP contribution < -0.4 is 0 Å². The standard InChI is InChI=1S/C28H39FN2O3.C8H16N2/c1-9-20-18(5)15-19(16-22(20)28(6,7)8)23(32)17-31-14-13-21(27(31)30)25(29)26(34-12-4)24(10-2)33-11-3;1-3-6-10(7-4-2)8-5-9/h10,15-16,30H,2,9,11-14,17H2,1,3-8H3;3-4,6-8H2,1-2H3/b25-21-,26-24-,30-27?;. The molecule has 0 saturated carbocycles. The number of aryl methyl sites for hydroxylation is 1. The third kappa shape index (κ3) is 10.9. The Kier molecular flexibility index (Phi) is 16.7. The Morgan fingerprint density at radius 2 is 1.75 bits per heavy atom. The zero-order valence-corrected chi connectivity index (χ0v) is 28.7. The molecule has 0 unspecified atom stereocenters. The number of ketones is 1. The van der Waals surface area contributed by atoms with Gasteiger partial charge in [0.2, 0.25) is 0 Å². The maximum absolute atomic E-state index is 15.4. The van der Waals surface area contributed by atoms with Crippen molar-refractivity contribution in [1.29, 1.82) is 10.7 Å². The molecule has 44 heavy (non-hydrogen) atoms. The van der Waals surface area contributed by atoms with E-state index in [0.717, 1.165) is 37.9 Å². The van der Waals surface area contributed by atoms with Gasteiger partial charge < -0.3 is 14.4 Å². The van der Waals surface area contributed by atoms with E-state index in [1.807, 2.05) is 19.1 Å². The maximum atomic E-state index is 15.4. The molecule has 0 radical (unpaired) electrons. The molecule has 2 rings (SSSR count). The van der Waals surface area contributed by atoms with Crippen LogP contribution >= 0.6 is 0 Å². The van der Waals surface area contributed by atoms with Gasteiger partial charge in [-0.3, -0.25) is 15.1 Å². The van der Waals surface area contributed by atoms with Crippen molar-refractivity contribution in [2.45, 2.75) is 93.4 Å². The normalized spacial score (nSPS) is 14.9.